The highest BCUT2D eigenvalue weighted by Crippen LogP contribution is 2.41. The first-order valence-electron chi connectivity index (χ1n) is 13.1. The molecule has 2 aromatic carbocycles. The van der Waals surface area contributed by atoms with E-state index in [1.54, 1.807) is 6.20 Å². The Kier molecular flexibility index (Phi) is 7.05. The van der Waals surface area contributed by atoms with Crippen LogP contribution in [0.1, 0.15) is 60.8 Å². The fraction of sp³-hybridized carbons (Fsp3) is 0.400. The number of piperidine rings is 2. The summed E-state index contributed by atoms with van der Waals surface area (Å²) in [4.78, 5) is 19.3. The predicted molar refractivity (Wildman–Crippen MR) is 140 cm³/mol. The number of aliphatic hydroxyl groups is 1. The van der Waals surface area contributed by atoms with Gasteiger partial charge in [0, 0.05) is 42.8 Å². The first-order chi connectivity index (χ1) is 18.1. The molecular weight excluding hydrogens is 491 g/mol. The maximum Gasteiger partial charge on any atom is 0.416 e. The van der Waals surface area contributed by atoms with Crippen molar-refractivity contribution in [3.05, 3.63) is 89.3 Å². The number of carbonyl (C=O) groups excluding carboxylic acids is 1. The number of rotatable bonds is 5. The SMILES string of the molecule is C=C1CCC(c2cnc3ccc([C@]4(O)CCN(Cc5ccc(C(F)(F)F)cc5)C[C@H]4CC)cc3c2)C(=O)N1. The van der Waals surface area contributed by atoms with Crippen LogP contribution < -0.4 is 5.32 Å². The monoisotopic (exact) mass is 523 g/mol. The zero-order chi connectivity index (χ0) is 27.1. The zero-order valence-electron chi connectivity index (χ0n) is 21.4. The van der Waals surface area contributed by atoms with E-state index in [9.17, 15) is 23.1 Å². The van der Waals surface area contributed by atoms with Crippen LogP contribution in [0, 0.1) is 5.92 Å². The molecule has 2 saturated heterocycles. The Balaban J connectivity index is 1.34. The predicted octanol–water partition coefficient (Wildman–Crippen LogP) is 5.88. The van der Waals surface area contributed by atoms with Gasteiger partial charge in [0.05, 0.1) is 22.6 Å². The molecule has 5 nitrogen and oxygen atoms in total. The molecule has 2 N–H and O–H groups in total. The number of nitrogens with zero attached hydrogens (tertiary/aromatic N) is 2. The summed E-state index contributed by atoms with van der Waals surface area (Å²) >= 11 is 0. The van der Waals surface area contributed by atoms with Crippen LogP contribution in [-0.4, -0.2) is 34.0 Å². The van der Waals surface area contributed by atoms with Crippen molar-refractivity contribution < 1.29 is 23.1 Å². The smallest absolute Gasteiger partial charge is 0.385 e. The van der Waals surface area contributed by atoms with Gasteiger partial charge in [0.25, 0.3) is 0 Å². The van der Waals surface area contributed by atoms with E-state index in [1.807, 2.05) is 31.2 Å². The molecule has 0 saturated carbocycles. The molecule has 2 aliphatic heterocycles. The number of hydrogen-bond acceptors (Lipinski definition) is 4. The van der Waals surface area contributed by atoms with E-state index in [-0.39, 0.29) is 17.7 Å². The summed E-state index contributed by atoms with van der Waals surface area (Å²) in [7, 11) is 0. The van der Waals surface area contributed by atoms with Gasteiger partial charge in [0.1, 0.15) is 0 Å². The van der Waals surface area contributed by atoms with E-state index < -0.39 is 17.3 Å². The Labute approximate surface area is 220 Å². The van der Waals surface area contributed by atoms with Crippen molar-refractivity contribution in [2.75, 3.05) is 13.1 Å². The molecule has 0 spiro atoms. The van der Waals surface area contributed by atoms with Crippen LogP contribution in [-0.2, 0) is 23.1 Å². The van der Waals surface area contributed by atoms with Crippen LogP contribution in [0.3, 0.4) is 0 Å². The number of benzene rings is 2. The number of likely N-dealkylation sites (tertiary alicyclic amines) is 1. The Hall–Kier alpha value is -3.23. The van der Waals surface area contributed by atoms with Gasteiger partial charge in [-0.2, -0.15) is 13.2 Å². The number of fused-ring (bicyclic) bond motifs is 1. The molecule has 0 radical (unpaired) electrons. The number of halogens is 3. The maximum atomic E-state index is 12.9. The van der Waals surface area contributed by atoms with Crippen LogP contribution in [0.25, 0.3) is 10.9 Å². The van der Waals surface area contributed by atoms with Gasteiger partial charge in [-0.15, -0.1) is 0 Å². The van der Waals surface area contributed by atoms with Crippen LogP contribution >= 0.6 is 0 Å². The molecule has 200 valence electrons. The molecule has 3 aromatic rings. The van der Waals surface area contributed by atoms with Gasteiger partial charge in [0.15, 0.2) is 0 Å². The number of allylic oxidation sites excluding steroid dienone is 1. The lowest BCUT2D eigenvalue weighted by atomic mass is 9.74. The van der Waals surface area contributed by atoms with Gasteiger partial charge in [-0.05, 0) is 72.7 Å². The van der Waals surface area contributed by atoms with Gasteiger partial charge >= 0.3 is 6.18 Å². The van der Waals surface area contributed by atoms with Crippen molar-refractivity contribution in [1.29, 1.82) is 0 Å². The minimum Gasteiger partial charge on any atom is -0.385 e. The van der Waals surface area contributed by atoms with E-state index in [4.69, 9.17) is 0 Å². The number of pyridine rings is 1. The Morgan fingerprint density at radius 1 is 1.18 bits per heavy atom. The fourth-order valence-electron chi connectivity index (χ4n) is 5.83. The third-order valence-electron chi connectivity index (χ3n) is 8.10. The van der Waals surface area contributed by atoms with Crippen LogP contribution in [0.5, 0.6) is 0 Å². The topological polar surface area (TPSA) is 65.5 Å². The van der Waals surface area contributed by atoms with Crippen molar-refractivity contribution in [1.82, 2.24) is 15.2 Å². The first kappa shape index (κ1) is 26.4. The molecule has 0 bridgehead atoms. The van der Waals surface area contributed by atoms with E-state index >= 15 is 0 Å². The second kappa shape index (κ2) is 10.2. The summed E-state index contributed by atoms with van der Waals surface area (Å²) < 4.78 is 38.7. The minimum absolute atomic E-state index is 0.0468. The number of hydrogen-bond donors (Lipinski definition) is 2. The molecule has 5 rings (SSSR count). The third kappa shape index (κ3) is 5.20. The number of aromatic nitrogens is 1. The van der Waals surface area contributed by atoms with Gasteiger partial charge in [-0.25, -0.2) is 0 Å². The standard InChI is InChI=1S/C30H32F3N3O2/c1-3-23-18-36(17-20-5-7-24(8-6-20)30(31,32)33)13-12-29(23,38)25-9-11-27-21(15-25)14-22(16-34-27)26-10-4-19(2)35-28(26)37/h5-9,11,14-16,23,26,38H,2-4,10,12-13,17-18H2,1H3,(H,35,37)/t23-,26?,29+/m1/s1. The lowest BCUT2D eigenvalue weighted by Crippen LogP contribution is -2.49. The molecule has 2 aliphatic rings. The first-order valence-corrected chi connectivity index (χ1v) is 13.1. The van der Waals surface area contributed by atoms with Crippen molar-refractivity contribution in [2.45, 2.75) is 56.8 Å². The highest BCUT2D eigenvalue weighted by molar-refractivity contribution is 5.88. The second-order valence-corrected chi connectivity index (χ2v) is 10.6. The molecule has 0 aliphatic carbocycles. The van der Waals surface area contributed by atoms with Crippen molar-refractivity contribution >= 4 is 16.8 Å². The van der Waals surface area contributed by atoms with E-state index in [0.717, 1.165) is 58.3 Å². The molecular formula is C30H32F3N3O2. The summed E-state index contributed by atoms with van der Waals surface area (Å²) in [6, 6.07) is 13.1. The number of amides is 1. The van der Waals surface area contributed by atoms with Crippen LogP contribution in [0.2, 0.25) is 0 Å². The summed E-state index contributed by atoms with van der Waals surface area (Å²) in [5.41, 5.74) is 2.35. The molecule has 1 aromatic heterocycles. The third-order valence-corrected chi connectivity index (χ3v) is 8.10. The average molecular weight is 524 g/mol. The van der Waals surface area contributed by atoms with E-state index in [2.05, 4.69) is 21.8 Å². The number of alkyl halides is 3. The van der Waals surface area contributed by atoms with Gasteiger partial charge < -0.3 is 10.4 Å². The summed E-state index contributed by atoms with van der Waals surface area (Å²) in [6.45, 7) is 7.69. The van der Waals surface area contributed by atoms with E-state index in [0.29, 0.717) is 32.5 Å². The van der Waals surface area contributed by atoms with Gasteiger partial charge in [-0.3, -0.25) is 14.7 Å². The molecule has 38 heavy (non-hydrogen) atoms. The number of carbonyl (C=O) groups is 1. The van der Waals surface area contributed by atoms with Gasteiger partial charge in [0.2, 0.25) is 5.91 Å². The Morgan fingerprint density at radius 3 is 2.63 bits per heavy atom. The van der Waals surface area contributed by atoms with Crippen molar-refractivity contribution in [2.24, 2.45) is 5.92 Å². The number of nitrogens with one attached hydrogen (secondary N) is 1. The average Bonchev–Trinajstić information content (AvgIpc) is 2.89. The Bertz CT molecular complexity index is 1360. The minimum atomic E-state index is -4.35. The second-order valence-electron chi connectivity index (χ2n) is 10.6. The maximum absolute atomic E-state index is 12.9. The molecule has 2 fully saturated rings. The lowest BCUT2D eigenvalue weighted by Gasteiger charge is -2.45. The van der Waals surface area contributed by atoms with Crippen molar-refractivity contribution in [3.8, 4) is 0 Å². The molecule has 1 amide bonds. The fourth-order valence-corrected chi connectivity index (χ4v) is 5.83. The van der Waals surface area contributed by atoms with Crippen LogP contribution in [0.4, 0.5) is 13.2 Å². The van der Waals surface area contributed by atoms with Gasteiger partial charge in [-0.1, -0.05) is 31.7 Å². The van der Waals surface area contributed by atoms with Crippen molar-refractivity contribution in [3.63, 3.8) is 0 Å². The lowest BCUT2D eigenvalue weighted by molar-refractivity contribution is -0.137. The molecule has 3 atom stereocenters. The Morgan fingerprint density at radius 2 is 1.95 bits per heavy atom. The molecule has 3 heterocycles. The largest absolute Gasteiger partial charge is 0.416 e. The summed E-state index contributed by atoms with van der Waals surface area (Å²) in [6.07, 6.45) is 0.0924. The highest BCUT2D eigenvalue weighted by atomic mass is 19.4. The zero-order valence-corrected chi connectivity index (χ0v) is 21.4. The molecule has 1 unspecified atom stereocenters. The summed E-state index contributed by atoms with van der Waals surface area (Å²) in [5, 5.41) is 15.6. The summed E-state index contributed by atoms with van der Waals surface area (Å²) in [5.74, 6) is -0.390. The van der Waals surface area contributed by atoms with E-state index in [1.165, 1.54) is 12.1 Å². The normalized spacial score (nSPS) is 25.0. The molecule has 8 heteroatoms. The highest BCUT2D eigenvalue weighted by Gasteiger charge is 2.42. The van der Waals surface area contributed by atoms with Crippen LogP contribution in [0.15, 0.2) is 67.0 Å². The quantitative estimate of drug-likeness (QED) is 0.438.